The first-order chi connectivity index (χ1) is 7.74. The first-order valence-corrected chi connectivity index (χ1v) is 5.13. The third kappa shape index (κ3) is 2.80. The highest BCUT2D eigenvalue weighted by atomic mass is 16.5. The molecule has 4 nitrogen and oxygen atoms in total. The van der Waals surface area contributed by atoms with Crippen molar-refractivity contribution in [2.45, 2.75) is 19.4 Å². The van der Waals surface area contributed by atoms with Crippen LogP contribution < -0.4 is 14.8 Å². The lowest BCUT2D eigenvalue weighted by Crippen LogP contribution is -2.16. The number of methoxy groups -OCH3 is 2. The first kappa shape index (κ1) is 12.2. The van der Waals surface area contributed by atoms with Crippen LogP contribution >= 0.6 is 0 Å². The maximum absolute atomic E-state index is 8.87. The van der Waals surface area contributed by atoms with Gasteiger partial charge in [0, 0.05) is 6.07 Å². The van der Waals surface area contributed by atoms with Crippen LogP contribution in [0.15, 0.2) is 18.2 Å². The molecule has 0 saturated heterocycles. The van der Waals surface area contributed by atoms with Gasteiger partial charge >= 0.3 is 0 Å². The summed E-state index contributed by atoms with van der Waals surface area (Å²) in [5.41, 5.74) is 0.803. The van der Waals surface area contributed by atoms with E-state index in [1.807, 2.05) is 19.1 Å². The zero-order valence-corrected chi connectivity index (χ0v) is 9.78. The summed E-state index contributed by atoms with van der Waals surface area (Å²) < 4.78 is 10.3. The smallest absolute Gasteiger partial charge is 0.145 e. The Balaban J connectivity index is 2.91. The molecular weight excluding hydrogens is 204 g/mol. The van der Waals surface area contributed by atoms with Gasteiger partial charge in [-0.25, -0.2) is 0 Å². The maximum atomic E-state index is 8.87. The molecule has 0 spiro atoms. The van der Waals surface area contributed by atoms with Gasteiger partial charge in [-0.15, -0.1) is 0 Å². The van der Waals surface area contributed by atoms with Crippen molar-refractivity contribution in [2.75, 3.05) is 19.5 Å². The van der Waals surface area contributed by atoms with E-state index in [4.69, 9.17) is 14.7 Å². The van der Waals surface area contributed by atoms with Crippen molar-refractivity contribution in [3.8, 4) is 17.6 Å². The summed E-state index contributed by atoms with van der Waals surface area (Å²) >= 11 is 0. The molecule has 1 atom stereocenters. The van der Waals surface area contributed by atoms with Gasteiger partial charge in [0.2, 0.25) is 0 Å². The third-order valence-corrected chi connectivity index (χ3v) is 2.30. The molecule has 0 saturated carbocycles. The van der Waals surface area contributed by atoms with Crippen molar-refractivity contribution in [1.29, 1.82) is 5.26 Å². The maximum Gasteiger partial charge on any atom is 0.145 e. The largest absolute Gasteiger partial charge is 0.497 e. The number of anilines is 1. The highest BCUT2D eigenvalue weighted by Crippen LogP contribution is 2.29. The SMILES string of the molecule is CCC(C#N)Nc1ccc(OC)cc1OC. The predicted octanol–water partition coefficient (Wildman–Crippen LogP) is 2.42. The predicted molar refractivity (Wildman–Crippen MR) is 62.9 cm³/mol. The number of benzene rings is 1. The fraction of sp³-hybridized carbons (Fsp3) is 0.417. The van der Waals surface area contributed by atoms with E-state index in [-0.39, 0.29) is 6.04 Å². The second kappa shape index (κ2) is 5.86. The van der Waals surface area contributed by atoms with E-state index in [9.17, 15) is 0 Å². The monoisotopic (exact) mass is 220 g/mol. The number of nitrogens with zero attached hydrogens (tertiary/aromatic N) is 1. The molecule has 0 aliphatic carbocycles. The van der Waals surface area contributed by atoms with Crippen molar-refractivity contribution >= 4 is 5.69 Å². The molecule has 0 bridgehead atoms. The summed E-state index contributed by atoms with van der Waals surface area (Å²) in [6, 6.07) is 7.43. The molecule has 1 N–H and O–H groups in total. The lowest BCUT2D eigenvalue weighted by Gasteiger charge is -2.14. The van der Waals surface area contributed by atoms with E-state index in [1.54, 1.807) is 20.3 Å². The first-order valence-electron chi connectivity index (χ1n) is 5.13. The Morgan fingerprint density at radius 2 is 2.12 bits per heavy atom. The summed E-state index contributed by atoms with van der Waals surface area (Å²) in [7, 11) is 3.19. The molecule has 1 rings (SSSR count). The van der Waals surface area contributed by atoms with E-state index in [0.717, 1.165) is 17.9 Å². The van der Waals surface area contributed by atoms with Crippen LogP contribution in [0.4, 0.5) is 5.69 Å². The summed E-state index contributed by atoms with van der Waals surface area (Å²) in [5, 5.41) is 12.0. The van der Waals surface area contributed by atoms with Crippen LogP contribution in [0, 0.1) is 11.3 Å². The van der Waals surface area contributed by atoms with Crippen LogP contribution in [0.2, 0.25) is 0 Å². The van der Waals surface area contributed by atoms with E-state index >= 15 is 0 Å². The number of nitrogens with one attached hydrogen (secondary N) is 1. The summed E-state index contributed by atoms with van der Waals surface area (Å²) in [6.45, 7) is 1.96. The normalized spacial score (nSPS) is 11.4. The highest BCUT2D eigenvalue weighted by Gasteiger charge is 2.09. The summed E-state index contributed by atoms with van der Waals surface area (Å²) in [6.07, 6.45) is 0.742. The van der Waals surface area contributed by atoms with Gasteiger partial charge in [0.15, 0.2) is 0 Å². The van der Waals surface area contributed by atoms with Crippen molar-refractivity contribution in [3.63, 3.8) is 0 Å². The Hall–Kier alpha value is -1.89. The van der Waals surface area contributed by atoms with Gasteiger partial charge in [0.05, 0.1) is 26.0 Å². The van der Waals surface area contributed by atoms with Crippen LogP contribution in [-0.2, 0) is 0 Å². The fourth-order valence-corrected chi connectivity index (χ4v) is 1.33. The van der Waals surface area contributed by atoms with Gasteiger partial charge in [-0.1, -0.05) is 6.92 Å². The molecule has 1 unspecified atom stereocenters. The van der Waals surface area contributed by atoms with Crippen LogP contribution in [0.25, 0.3) is 0 Å². The van der Waals surface area contributed by atoms with E-state index in [1.165, 1.54) is 0 Å². The number of hydrogen-bond acceptors (Lipinski definition) is 4. The number of rotatable bonds is 5. The van der Waals surface area contributed by atoms with Crippen LogP contribution in [-0.4, -0.2) is 20.3 Å². The van der Waals surface area contributed by atoms with E-state index < -0.39 is 0 Å². The van der Waals surface area contributed by atoms with Crippen LogP contribution in [0.3, 0.4) is 0 Å². The zero-order chi connectivity index (χ0) is 12.0. The van der Waals surface area contributed by atoms with Crippen molar-refractivity contribution < 1.29 is 9.47 Å². The lowest BCUT2D eigenvalue weighted by atomic mass is 10.2. The van der Waals surface area contributed by atoms with Crippen molar-refractivity contribution in [1.82, 2.24) is 0 Å². The number of nitriles is 1. The molecule has 0 aromatic heterocycles. The molecule has 4 heteroatoms. The van der Waals surface area contributed by atoms with Crippen LogP contribution in [0.1, 0.15) is 13.3 Å². The Morgan fingerprint density at radius 1 is 1.38 bits per heavy atom. The van der Waals surface area contributed by atoms with Gasteiger partial charge in [0.1, 0.15) is 17.5 Å². The molecule has 0 fully saturated rings. The van der Waals surface area contributed by atoms with Gasteiger partial charge in [-0.2, -0.15) is 5.26 Å². The molecule has 0 radical (unpaired) electrons. The Morgan fingerprint density at radius 3 is 2.62 bits per heavy atom. The standard InChI is InChI=1S/C12H16N2O2/c1-4-9(8-13)14-11-6-5-10(15-2)7-12(11)16-3/h5-7,9,14H,4H2,1-3H3. The third-order valence-electron chi connectivity index (χ3n) is 2.30. The second-order valence-electron chi connectivity index (χ2n) is 3.30. The highest BCUT2D eigenvalue weighted by molar-refractivity contribution is 5.60. The van der Waals surface area contributed by atoms with Crippen molar-refractivity contribution in [2.24, 2.45) is 0 Å². The van der Waals surface area contributed by atoms with Gasteiger partial charge < -0.3 is 14.8 Å². The summed E-state index contributed by atoms with van der Waals surface area (Å²) in [5.74, 6) is 1.40. The average molecular weight is 220 g/mol. The van der Waals surface area contributed by atoms with Crippen LogP contribution in [0.5, 0.6) is 11.5 Å². The lowest BCUT2D eigenvalue weighted by molar-refractivity contribution is 0.395. The minimum Gasteiger partial charge on any atom is -0.497 e. The summed E-state index contributed by atoms with van der Waals surface area (Å²) in [4.78, 5) is 0. The molecule has 0 aliphatic rings. The quantitative estimate of drug-likeness (QED) is 0.828. The topological polar surface area (TPSA) is 54.3 Å². The van der Waals surface area contributed by atoms with Gasteiger partial charge in [-0.05, 0) is 18.6 Å². The van der Waals surface area contributed by atoms with Crippen molar-refractivity contribution in [3.05, 3.63) is 18.2 Å². The molecule has 16 heavy (non-hydrogen) atoms. The molecule has 1 aromatic rings. The van der Waals surface area contributed by atoms with E-state index in [2.05, 4.69) is 11.4 Å². The van der Waals surface area contributed by atoms with E-state index in [0.29, 0.717) is 5.75 Å². The minimum absolute atomic E-state index is 0.206. The van der Waals surface area contributed by atoms with Gasteiger partial charge in [-0.3, -0.25) is 0 Å². The molecule has 1 aromatic carbocycles. The second-order valence-corrected chi connectivity index (χ2v) is 3.30. The molecule has 0 heterocycles. The number of hydrogen-bond donors (Lipinski definition) is 1. The molecule has 0 amide bonds. The Labute approximate surface area is 95.8 Å². The molecule has 0 aliphatic heterocycles. The Bertz CT molecular complexity index is 385. The van der Waals surface area contributed by atoms with Gasteiger partial charge in [0.25, 0.3) is 0 Å². The number of ether oxygens (including phenoxy) is 2. The minimum atomic E-state index is -0.206. The fourth-order valence-electron chi connectivity index (χ4n) is 1.33. The average Bonchev–Trinajstić information content (AvgIpc) is 2.35. The zero-order valence-electron chi connectivity index (χ0n) is 9.78. The Kier molecular flexibility index (Phi) is 4.46. The molecular formula is C12H16N2O2. The molecule has 86 valence electrons.